The van der Waals surface area contributed by atoms with Crippen LogP contribution in [0.25, 0.3) is 0 Å². The Hall–Kier alpha value is -2.11. The first kappa shape index (κ1) is 53.9. The Kier molecular flexibility index (Phi) is 43.9. The van der Waals surface area contributed by atoms with Crippen molar-refractivity contribution in [1.82, 2.24) is 0 Å². The summed E-state index contributed by atoms with van der Waals surface area (Å²) in [6, 6.07) is 0. The van der Waals surface area contributed by atoms with Crippen molar-refractivity contribution < 1.29 is 28.6 Å². The zero-order valence-electron chi connectivity index (χ0n) is 37.4. The standard InChI is InChI=1S/C50H92O6/c1-4-7-10-13-16-18-20-22-23-24-25-26-28-29-31-34-37-40-43-49(52)55-46-47(45-54-48(51)42-39-36-33-15-12-9-6-3)56-50(53)44-41-38-35-32-30-27-21-19-17-14-11-8-5-2/h18,20,23-24,47H,4-17,19,21-22,25-46H2,1-3H3/b20-18-,24-23-. The van der Waals surface area contributed by atoms with Gasteiger partial charge in [-0.15, -0.1) is 0 Å². The Labute approximate surface area is 347 Å². The van der Waals surface area contributed by atoms with Crippen LogP contribution in [0.4, 0.5) is 0 Å². The molecule has 0 radical (unpaired) electrons. The molecule has 1 atom stereocenters. The van der Waals surface area contributed by atoms with Crippen LogP contribution in [0.3, 0.4) is 0 Å². The van der Waals surface area contributed by atoms with Crippen molar-refractivity contribution in [2.75, 3.05) is 13.2 Å². The van der Waals surface area contributed by atoms with Gasteiger partial charge >= 0.3 is 17.9 Å². The van der Waals surface area contributed by atoms with Gasteiger partial charge in [0.1, 0.15) is 13.2 Å². The molecule has 0 aliphatic heterocycles. The first-order valence-electron chi connectivity index (χ1n) is 24.3. The molecule has 0 bridgehead atoms. The molecular formula is C50H92O6. The van der Waals surface area contributed by atoms with Crippen LogP contribution in [0.1, 0.15) is 258 Å². The highest BCUT2D eigenvalue weighted by atomic mass is 16.6. The summed E-state index contributed by atoms with van der Waals surface area (Å²) in [6.45, 7) is 6.59. The van der Waals surface area contributed by atoms with Gasteiger partial charge in [-0.25, -0.2) is 0 Å². The first-order chi connectivity index (χ1) is 27.5. The number of hydrogen-bond donors (Lipinski definition) is 0. The predicted octanol–water partition coefficient (Wildman–Crippen LogP) is 15.6. The van der Waals surface area contributed by atoms with Crippen LogP contribution in [0.5, 0.6) is 0 Å². The highest BCUT2D eigenvalue weighted by Gasteiger charge is 2.19. The summed E-state index contributed by atoms with van der Waals surface area (Å²) in [5.41, 5.74) is 0. The van der Waals surface area contributed by atoms with Gasteiger partial charge < -0.3 is 14.2 Å². The number of unbranched alkanes of at least 4 members (excludes halogenated alkanes) is 29. The van der Waals surface area contributed by atoms with Gasteiger partial charge in [0.05, 0.1) is 0 Å². The minimum atomic E-state index is -0.766. The van der Waals surface area contributed by atoms with Gasteiger partial charge in [0.25, 0.3) is 0 Å². The summed E-state index contributed by atoms with van der Waals surface area (Å²) < 4.78 is 16.7. The lowest BCUT2D eigenvalue weighted by molar-refractivity contribution is -0.167. The van der Waals surface area contributed by atoms with E-state index in [0.717, 1.165) is 70.6 Å². The quantitative estimate of drug-likeness (QED) is 0.0265. The third-order valence-corrected chi connectivity index (χ3v) is 10.7. The zero-order chi connectivity index (χ0) is 40.8. The van der Waals surface area contributed by atoms with Crippen molar-refractivity contribution >= 4 is 17.9 Å². The number of hydrogen-bond acceptors (Lipinski definition) is 6. The molecule has 56 heavy (non-hydrogen) atoms. The number of allylic oxidation sites excluding steroid dienone is 4. The average molecular weight is 789 g/mol. The molecule has 1 unspecified atom stereocenters. The third-order valence-electron chi connectivity index (χ3n) is 10.7. The molecule has 0 aromatic carbocycles. The summed E-state index contributed by atoms with van der Waals surface area (Å²) >= 11 is 0. The first-order valence-corrected chi connectivity index (χ1v) is 24.3. The van der Waals surface area contributed by atoms with E-state index in [1.165, 1.54) is 148 Å². The smallest absolute Gasteiger partial charge is 0.306 e. The van der Waals surface area contributed by atoms with E-state index >= 15 is 0 Å². The molecule has 0 aromatic rings. The van der Waals surface area contributed by atoms with E-state index in [-0.39, 0.29) is 31.1 Å². The average Bonchev–Trinajstić information content (AvgIpc) is 3.19. The van der Waals surface area contributed by atoms with Gasteiger partial charge in [-0.3, -0.25) is 14.4 Å². The Morgan fingerprint density at radius 3 is 1.00 bits per heavy atom. The Morgan fingerprint density at radius 1 is 0.357 bits per heavy atom. The minimum Gasteiger partial charge on any atom is -0.462 e. The van der Waals surface area contributed by atoms with Crippen molar-refractivity contribution in [3.05, 3.63) is 24.3 Å². The largest absolute Gasteiger partial charge is 0.462 e. The van der Waals surface area contributed by atoms with Crippen molar-refractivity contribution in [3.63, 3.8) is 0 Å². The lowest BCUT2D eigenvalue weighted by atomic mass is 10.0. The van der Waals surface area contributed by atoms with Crippen LogP contribution >= 0.6 is 0 Å². The van der Waals surface area contributed by atoms with Crippen molar-refractivity contribution in [3.8, 4) is 0 Å². The highest BCUT2D eigenvalue weighted by molar-refractivity contribution is 5.71. The summed E-state index contributed by atoms with van der Waals surface area (Å²) in [5.74, 6) is -0.876. The van der Waals surface area contributed by atoms with E-state index in [1.807, 2.05) is 0 Å². The molecule has 0 spiro atoms. The fraction of sp³-hybridized carbons (Fsp3) is 0.860. The van der Waals surface area contributed by atoms with Gasteiger partial charge in [0, 0.05) is 19.3 Å². The lowest BCUT2D eigenvalue weighted by Gasteiger charge is -2.18. The molecular weight excluding hydrogens is 697 g/mol. The van der Waals surface area contributed by atoms with Gasteiger partial charge in [-0.2, -0.15) is 0 Å². The van der Waals surface area contributed by atoms with Crippen LogP contribution in [-0.4, -0.2) is 37.2 Å². The number of carbonyl (C=O) groups excluding carboxylic acids is 3. The predicted molar refractivity (Wildman–Crippen MR) is 238 cm³/mol. The molecule has 0 aromatic heterocycles. The van der Waals surface area contributed by atoms with E-state index in [1.54, 1.807) is 0 Å². The number of carbonyl (C=O) groups is 3. The maximum absolute atomic E-state index is 12.7. The van der Waals surface area contributed by atoms with Crippen molar-refractivity contribution in [2.24, 2.45) is 0 Å². The summed E-state index contributed by atoms with van der Waals surface area (Å²) in [5, 5.41) is 0. The van der Waals surface area contributed by atoms with E-state index in [4.69, 9.17) is 14.2 Å². The summed E-state index contributed by atoms with van der Waals surface area (Å²) in [6.07, 6.45) is 50.3. The van der Waals surface area contributed by atoms with E-state index < -0.39 is 6.10 Å². The molecule has 328 valence electrons. The fourth-order valence-corrected chi connectivity index (χ4v) is 7.00. The number of rotatable bonds is 44. The molecule has 0 saturated heterocycles. The van der Waals surface area contributed by atoms with Crippen LogP contribution in [0.15, 0.2) is 24.3 Å². The van der Waals surface area contributed by atoms with E-state index in [0.29, 0.717) is 19.3 Å². The SMILES string of the molecule is CCCCCC/C=C\C/C=C\CCCCCCCCCC(=O)OCC(COC(=O)CCCCCCCCC)OC(=O)CCCCCCCCCCCCCCC. The zero-order valence-corrected chi connectivity index (χ0v) is 37.4. The monoisotopic (exact) mass is 789 g/mol. The molecule has 6 nitrogen and oxygen atoms in total. The molecule has 0 heterocycles. The number of esters is 3. The van der Waals surface area contributed by atoms with Crippen molar-refractivity contribution in [1.29, 1.82) is 0 Å². The molecule has 0 aliphatic carbocycles. The second kappa shape index (κ2) is 45.6. The van der Waals surface area contributed by atoms with Crippen LogP contribution < -0.4 is 0 Å². The molecule has 0 saturated carbocycles. The Balaban J connectivity index is 4.25. The lowest BCUT2D eigenvalue weighted by Crippen LogP contribution is -2.30. The molecule has 0 fully saturated rings. The van der Waals surface area contributed by atoms with Crippen LogP contribution in [-0.2, 0) is 28.6 Å². The second-order valence-corrected chi connectivity index (χ2v) is 16.4. The highest BCUT2D eigenvalue weighted by Crippen LogP contribution is 2.15. The number of ether oxygens (including phenoxy) is 3. The van der Waals surface area contributed by atoms with Crippen LogP contribution in [0.2, 0.25) is 0 Å². The van der Waals surface area contributed by atoms with E-state index in [9.17, 15) is 14.4 Å². The summed E-state index contributed by atoms with van der Waals surface area (Å²) in [7, 11) is 0. The van der Waals surface area contributed by atoms with Crippen molar-refractivity contribution in [2.45, 2.75) is 264 Å². The maximum Gasteiger partial charge on any atom is 0.306 e. The normalized spacial score (nSPS) is 12.1. The van der Waals surface area contributed by atoms with Gasteiger partial charge in [-0.1, -0.05) is 212 Å². The molecule has 0 N–H and O–H groups in total. The Bertz CT molecular complexity index is 911. The van der Waals surface area contributed by atoms with E-state index in [2.05, 4.69) is 45.1 Å². The van der Waals surface area contributed by atoms with Gasteiger partial charge in [0.2, 0.25) is 0 Å². The topological polar surface area (TPSA) is 78.9 Å². The van der Waals surface area contributed by atoms with Crippen LogP contribution in [0, 0.1) is 0 Å². The fourth-order valence-electron chi connectivity index (χ4n) is 7.00. The molecule has 0 rings (SSSR count). The van der Waals surface area contributed by atoms with Gasteiger partial charge in [0.15, 0.2) is 6.10 Å². The second-order valence-electron chi connectivity index (χ2n) is 16.4. The minimum absolute atomic E-state index is 0.0704. The Morgan fingerprint density at radius 2 is 0.643 bits per heavy atom. The molecule has 0 amide bonds. The molecule has 0 aliphatic rings. The maximum atomic E-state index is 12.7. The molecule has 6 heteroatoms. The van der Waals surface area contributed by atoms with Gasteiger partial charge in [-0.05, 0) is 51.4 Å². The third kappa shape index (κ3) is 43.0. The summed E-state index contributed by atoms with van der Waals surface area (Å²) in [4.78, 5) is 37.7.